The molecule has 6 atom stereocenters. The Morgan fingerprint density at radius 3 is 1.52 bits per heavy atom. The van der Waals surface area contributed by atoms with Crippen molar-refractivity contribution in [1.82, 2.24) is 42.5 Å². The van der Waals surface area contributed by atoms with Crippen LogP contribution in [0.15, 0.2) is 60.7 Å². The molecule has 0 fully saturated rings. The topological polar surface area (TPSA) is 302 Å². The molecule has 9 amide bonds. The van der Waals surface area contributed by atoms with Crippen LogP contribution in [0.4, 0.5) is 0 Å². The van der Waals surface area contributed by atoms with E-state index in [-0.39, 0.29) is 72.4 Å². The second kappa shape index (κ2) is 29.9. The predicted octanol–water partition coefficient (Wildman–Crippen LogP) is -1.16. The standard InChI is InChI=1S/C42H62N10O9S3/c1-25(2)17-32(40(59)49-31(15-16-62)37(44)56)48-36(55)20-45-39(58)33(18-28-11-7-5-8-12-28)50-41(60)34(19-29-13-9-6-10-14-29)51-42(61)35(22-64-24-47-27(4)54)52-38(57)30(43)21-63-23-46-26(3)53/h5-14,25,30-35,62H,15-24,43H2,1-4H3,(H2,44,56)(H,45,58)(H,46,53)(H,47,54)(H,48,55)(H,49,59)(H,50,60)(H,51,61)(H,52,57)/t30-,31-,32-,33-,34-,35-/m0/s1. The fraction of sp³-hybridized carbons (Fsp3) is 0.500. The Morgan fingerprint density at radius 2 is 1.03 bits per heavy atom. The van der Waals surface area contributed by atoms with Crippen LogP contribution in [0.2, 0.25) is 0 Å². The fourth-order valence-corrected chi connectivity index (χ4v) is 7.77. The number of thioether (sulfide) groups is 2. The molecule has 352 valence electrons. The van der Waals surface area contributed by atoms with E-state index in [0.29, 0.717) is 11.1 Å². The van der Waals surface area contributed by atoms with Crippen LogP contribution in [0.3, 0.4) is 0 Å². The van der Waals surface area contributed by atoms with Crippen molar-refractivity contribution in [2.24, 2.45) is 17.4 Å². The summed E-state index contributed by atoms with van der Waals surface area (Å²) in [7, 11) is 0. The molecule has 0 aliphatic heterocycles. The van der Waals surface area contributed by atoms with Gasteiger partial charge in [0.1, 0.15) is 30.2 Å². The van der Waals surface area contributed by atoms with E-state index in [0.717, 1.165) is 11.8 Å². The van der Waals surface area contributed by atoms with Crippen molar-refractivity contribution in [3.05, 3.63) is 71.8 Å². The van der Waals surface area contributed by atoms with E-state index >= 15 is 0 Å². The van der Waals surface area contributed by atoms with Crippen LogP contribution < -0.4 is 54.0 Å². The number of carbonyl (C=O) groups excluding carboxylic acids is 9. The van der Waals surface area contributed by atoms with Crippen LogP contribution >= 0.6 is 36.2 Å². The van der Waals surface area contributed by atoms with E-state index in [9.17, 15) is 43.2 Å². The highest BCUT2D eigenvalue weighted by Gasteiger charge is 2.32. The third kappa shape index (κ3) is 22.3. The van der Waals surface area contributed by atoms with E-state index in [2.05, 4.69) is 55.2 Å². The molecule has 22 heteroatoms. The number of rotatable bonds is 29. The van der Waals surface area contributed by atoms with Crippen LogP contribution in [-0.4, -0.2) is 125 Å². The Hall–Kier alpha value is -5.32. The fourth-order valence-electron chi connectivity index (χ4n) is 5.79. The van der Waals surface area contributed by atoms with Crippen molar-refractivity contribution in [3.8, 4) is 0 Å². The monoisotopic (exact) mass is 946 g/mol. The number of hydrogen-bond acceptors (Lipinski definition) is 13. The molecule has 0 aliphatic carbocycles. The van der Waals surface area contributed by atoms with Gasteiger partial charge in [-0.15, -0.1) is 23.5 Å². The SMILES string of the molecule is CC(=O)NCSC[C@H](NC(=O)[C@@H](N)CSCNC(C)=O)C(=O)N[C@@H](Cc1ccccc1)C(=O)N[C@@H](Cc1ccccc1)C(=O)NCC(=O)N[C@@H](CC(C)C)C(=O)N[C@@H](CCS)C(N)=O. The van der Waals surface area contributed by atoms with Gasteiger partial charge in [0.15, 0.2) is 0 Å². The molecule has 2 aromatic rings. The summed E-state index contributed by atoms with van der Waals surface area (Å²) in [6.07, 6.45) is 0.355. The average molecular weight is 947 g/mol. The van der Waals surface area contributed by atoms with E-state index in [1.165, 1.54) is 25.6 Å². The van der Waals surface area contributed by atoms with Crippen molar-refractivity contribution < 1.29 is 43.2 Å². The number of primary amides is 1. The molecule has 0 radical (unpaired) electrons. The van der Waals surface area contributed by atoms with Crippen molar-refractivity contribution >= 4 is 89.3 Å². The van der Waals surface area contributed by atoms with Crippen LogP contribution in [0.25, 0.3) is 0 Å². The summed E-state index contributed by atoms with van der Waals surface area (Å²) in [5, 5.41) is 21.0. The maximum absolute atomic E-state index is 14.3. The summed E-state index contributed by atoms with van der Waals surface area (Å²) in [6, 6.07) is 10.7. The Labute approximate surface area is 387 Å². The van der Waals surface area contributed by atoms with Crippen LogP contribution in [-0.2, 0) is 56.0 Å². The predicted molar refractivity (Wildman–Crippen MR) is 250 cm³/mol. The number of carbonyl (C=O) groups is 9. The Balaban J connectivity index is 2.34. The number of hydrogen-bond donors (Lipinski definition) is 11. The molecule has 0 saturated heterocycles. The Morgan fingerprint density at radius 1 is 0.578 bits per heavy atom. The number of thiol groups is 1. The summed E-state index contributed by atoms with van der Waals surface area (Å²) < 4.78 is 0. The summed E-state index contributed by atoms with van der Waals surface area (Å²) in [5.41, 5.74) is 12.9. The van der Waals surface area contributed by atoms with Crippen molar-refractivity contribution in [1.29, 1.82) is 0 Å². The van der Waals surface area contributed by atoms with E-state index < -0.39 is 84.1 Å². The summed E-state index contributed by atoms with van der Waals surface area (Å²) >= 11 is 6.46. The normalized spacial score (nSPS) is 13.7. The van der Waals surface area contributed by atoms with Gasteiger partial charge in [0, 0.05) is 38.2 Å². The molecule has 0 unspecified atom stereocenters. The lowest BCUT2D eigenvalue weighted by atomic mass is 10.0. The third-order valence-electron chi connectivity index (χ3n) is 9.09. The highest BCUT2D eigenvalue weighted by Crippen LogP contribution is 2.11. The lowest BCUT2D eigenvalue weighted by molar-refractivity contribution is -0.134. The number of nitrogens with one attached hydrogen (secondary N) is 8. The quantitative estimate of drug-likeness (QED) is 0.0262. The molecular weight excluding hydrogens is 885 g/mol. The first-order valence-corrected chi connectivity index (χ1v) is 23.5. The lowest BCUT2D eigenvalue weighted by Gasteiger charge is -2.26. The molecule has 0 spiro atoms. The summed E-state index contributed by atoms with van der Waals surface area (Å²) in [6.45, 7) is 5.80. The van der Waals surface area contributed by atoms with Gasteiger partial charge in [0.2, 0.25) is 53.2 Å². The number of benzene rings is 2. The van der Waals surface area contributed by atoms with E-state index in [1.807, 2.05) is 13.8 Å². The Bertz CT molecular complexity index is 1860. The van der Waals surface area contributed by atoms with Gasteiger partial charge in [0.05, 0.1) is 24.3 Å². The molecule has 2 aromatic carbocycles. The van der Waals surface area contributed by atoms with Crippen LogP contribution in [0.1, 0.15) is 51.7 Å². The van der Waals surface area contributed by atoms with Gasteiger partial charge < -0.3 is 54.0 Å². The van der Waals surface area contributed by atoms with Gasteiger partial charge in [-0.05, 0) is 35.6 Å². The molecule has 64 heavy (non-hydrogen) atoms. The highest BCUT2D eigenvalue weighted by atomic mass is 32.2. The first-order valence-electron chi connectivity index (χ1n) is 20.6. The minimum Gasteiger partial charge on any atom is -0.368 e. The van der Waals surface area contributed by atoms with Crippen molar-refractivity contribution in [2.45, 2.75) is 89.6 Å². The second-order valence-corrected chi connectivity index (χ2v) is 17.6. The zero-order chi connectivity index (χ0) is 47.6. The zero-order valence-electron chi connectivity index (χ0n) is 36.5. The van der Waals surface area contributed by atoms with Gasteiger partial charge in [-0.2, -0.15) is 12.6 Å². The van der Waals surface area contributed by atoms with E-state index in [4.69, 9.17) is 11.5 Å². The first kappa shape index (κ1) is 54.8. The number of nitrogens with two attached hydrogens (primary N) is 2. The molecule has 0 bridgehead atoms. The maximum atomic E-state index is 14.3. The molecule has 2 rings (SSSR count). The minimum absolute atomic E-state index is 0.0135. The zero-order valence-corrected chi connectivity index (χ0v) is 39.0. The minimum atomic E-state index is -1.28. The Kier molecular flexibility index (Phi) is 25.6. The highest BCUT2D eigenvalue weighted by molar-refractivity contribution is 7.99. The largest absolute Gasteiger partial charge is 0.368 e. The van der Waals surface area contributed by atoms with Gasteiger partial charge in [-0.25, -0.2) is 0 Å². The summed E-state index contributed by atoms with van der Waals surface area (Å²) in [5.74, 6) is -4.89. The molecule has 0 aromatic heterocycles. The first-order chi connectivity index (χ1) is 30.4. The van der Waals surface area contributed by atoms with Crippen LogP contribution in [0, 0.1) is 5.92 Å². The number of amides is 9. The molecule has 19 nitrogen and oxygen atoms in total. The lowest BCUT2D eigenvalue weighted by Crippen LogP contribution is -2.59. The van der Waals surface area contributed by atoms with Crippen molar-refractivity contribution in [2.75, 3.05) is 35.6 Å². The van der Waals surface area contributed by atoms with Gasteiger partial charge in [-0.1, -0.05) is 74.5 Å². The molecule has 0 aliphatic rings. The van der Waals surface area contributed by atoms with E-state index in [1.54, 1.807) is 60.7 Å². The van der Waals surface area contributed by atoms with Gasteiger partial charge >= 0.3 is 0 Å². The maximum Gasteiger partial charge on any atom is 0.244 e. The molecular formula is C42H62N10O9S3. The summed E-state index contributed by atoms with van der Waals surface area (Å²) in [4.78, 5) is 116. The third-order valence-corrected chi connectivity index (χ3v) is 11.2. The smallest absolute Gasteiger partial charge is 0.244 e. The molecule has 0 saturated carbocycles. The van der Waals surface area contributed by atoms with Gasteiger partial charge in [-0.3, -0.25) is 43.2 Å². The average Bonchev–Trinajstić information content (AvgIpc) is 3.24. The van der Waals surface area contributed by atoms with Gasteiger partial charge in [0.25, 0.3) is 0 Å². The van der Waals surface area contributed by atoms with Crippen LogP contribution in [0.5, 0.6) is 0 Å². The molecule has 0 heterocycles. The second-order valence-electron chi connectivity index (χ2n) is 15.1. The molecule has 12 N–H and O–H groups in total. The van der Waals surface area contributed by atoms with Crippen molar-refractivity contribution in [3.63, 3.8) is 0 Å².